The number of nitrogens with zero attached hydrogens (tertiary/aromatic N) is 4. The van der Waals surface area contributed by atoms with Gasteiger partial charge in [0, 0.05) is 55.6 Å². The number of aromatic nitrogens is 4. The maximum absolute atomic E-state index is 5.55. The molecule has 0 aliphatic carbocycles. The highest BCUT2D eigenvalue weighted by Gasteiger charge is 2.49. The van der Waals surface area contributed by atoms with Crippen LogP contribution in [0, 0.1) is 0 Å². The van der Waals surface area contributed by atoms with E-state index in [2.05, 4.69) is 258 Å². The molecule has 0 saturated carbocycles. The predicted molar refractivity (Wildman–Crippen MR) is 294 cm³/mol. The van der Waals surface area contributed by atoms with E-state index >= 15 is 0 Å². The van der Waals surface area contributed by atoms with Crippen LogP contribution in [0.25, 0.3) is 54.9 Å². The van der Waals surface area contributed by atoms with Gasteiger partial charge in [0.1, 0.15) is 11.3 Å². The fraction of sp³-hybridized carbons (Fsp3) is 0. The van der Waals surface area contributed by atoms with E-state index in [0.717, 1.165) is 33.4 Å². The van der Waals surface area contributed by atoms with Gasteiger partial charge in [-0.15, -0.1) is 0 Å². The summed E-state index contributed by atoms with van der Waals surface area (Å²) in [6.07, 6.45) is 6.19. The van der Waals surface area contributed by atoms with Gasteiger partial charge in [0.2, 0.25) is 0 Å². The third kappa shape index (κ3) is 5.75. The van der Waals surface area contributed by atoms with Crippen molar-refractivity contribution < 1.29 is 0 Å². The highest BCUT2D eigenvalue weighted by Crippen LogP contribution is 2.39. The van der Waals surface area contributed by atoms with Crippen molar-refractivity contribution in [2.75, 3.05) is 0 Å². The minimum atomic E-state index is -3.07. The molecule has 1 aliphatic rings. The van der Waals surface area contributed by atoms with Crippen LogP contribution < -0.4 is 41.5 Å². The normalized spacial score (nSPS) is 13.3. The maximum Gasteiger partial charge on any atom is 0.182 e. The van der Waals surface area contributed by atoms with E-state index in [0.29, 0.717) is 0 Å². The summed E-state index contributed by atoms with van der Waals surface area (Å²) in [6.45, 7) is 0. The number of imidazole rings is 1. The molecule has 0 radical (unpaired) electrons. The average molecular weight is 931 g/mol. The van der Waals surface area contributed by atoms with Gasteiger partial charge in [-0.3, -0.25) is 8.97 Å². The summed E-state index contributed by atoms with van der Waals surface area (Å²) in [7, 11) is -6.02. The molecule has 0 amide bonds. The largest absolute Gasteiger partial charge is 0.299 e. The van der Waals surface area contributed by atoms with E-state index in [1.807, 2.05) is 18.0 Å². The molecule has 0 N–H and O–H groups in total. The molecule has 0 unspecified atom stereocenters. The third-order valence-electron chi connectivity index (χ3n) is 14.7. The Morgan fingerprint density at radius 2 is 1.01 bits per heavy atom. The second kappa shape index (κ2) is 15.8. The molecule has 0 bridgehead atoms. The number of benzene rings is 9. The summed E-state index contributed by atoms with van der Waals surface area (Å²) >= 11 is 1.87. The fourth-order valence-electron chi connectivity index (χ4n) is 11.9. The molecule has 1 aliphatic heterocycles. The van der Waals surface area contributed by atoms with E-state index in [4.69, 9.17) is 9.97 Å². The maximum atomic E-state index is 5.55. The minimum Gasteiger partial charge on any atom is -0.299 e. The van der Waals surface area contributed by atoms with Gasteiger partial charge in [0.25, 0.3) is 0 Å². The number of para-hydroxylation sites is 2. The molecule has 324 valence electrons. The first-order chi connectivity index (χ1) is 34.2. The molecule has 4 nitrogen and oxygen atoms in total. The van der Waals surface area contributed by atoms with Crippen LogP contribution in [0.1, 0.15) is 0 Å². The lowest BCUT2D eigenvalue weighted by Crippen LogP contribution is -2.76. The molecule has 7 heteroatoms. The van der Waals surface area contributed by atoms with Crippen LogP contribution in [0.4, 0.5) is 0 Å². The summed E-state index contributed by atoms with van der Waals surface area (Å²) in [5.74, 6) is 0. The first-order valence-electron chi connectivity index (χ1n) is 23.6. The summed E-state index contributed by atoms with van der Waals surface area (Å²) < 4.78 is 4.69. The Balaban J connectivity index is 1.08. The van der Waals surface area contributed by atoms with Gasteiger partial charge in [0.15, 0.2) is 16.1 Å². The van der Waals surface area contributed by atoms with Crippen molar-refractivity contribution in [2.24, 2.45) is 0 Å². The molecule has 0 spiro atoms. The first kappa shape index (κ1) is 40.0. The Labute approximate surface area is 405 Å². The van der Waals surface area contributed by atoms with Crippen molar-refractivity contribution in [2.45, 2.75) is 9.79 Å². The minimum absolute atomic E-state index is 0.967. The summed E-state index contributed by atoms with van der Waals surface area (Å²) in [5.41, 5.74) is 5.33. The van der Waals surface area contributed by atoms with Crippen LogP contribution in [-0.4, -0.2) is 35.1 Å². The van der Waals surface area contributed by atoms with E-state index in [-0.39, 0.29) is 0 Å². The van der Waals surface area contributed by atoms with Crippen LogP contribution in [0.3, 0.4) is 0 Å². The van der Waals surface area contributed by atoms with Gasteiger partial charge < -0.3 is 0 Å². The molecule has 4 aromatic heterocycles. The molecule has 69 heavy (non-hydrogen) atoms. The second-order valence-corrected chi connectivity index (χ2v) is 26.6. The molecule has 14 rings (SSSR count). The molecule has 9 aromatic carbocycles. The monoisotopic (exact) mass is 930 g/mol. The molecule has 5 heterocycles. The Kier molecular flexibility index (Phi) is 9.14. The number of hydrogen-bond donors (Lipinski definition) is 0. The SMILES string of the molecule is c1ccc([Si](c2ccccc2)(c2cccc(-n3c4ccccc4c4c5c(cnc43)Sc3ccccc3[Si]5(c3ccccc3)c3ccccc3)c2)c2ccc3c4ccccc4n4ccnc4c3c2)cc1. The Hall–Kier alpha value is -8.08. The van der Waals surface area contributed by atoms with Crippen molar-refractivity contribution in [1.82, 2.24) is 18.9 Å². The molecule has 0 atom stereocenters. The Bertz CT molecular complexity index is 4040. The highest BCUT2D eigenvalue weighted by atomic mass is 32.2. The van der Waals surface area contributed by atoms with Gasteiger partial charge in [-0.1, -0.05) is 218 Å². The van der Waals surface area contributed by atoms with E-state index in [9.17, 15) is 0 Å². The predicted octanol–water partition coefficient (Wildman–Crippen LogP) is 9.35. The summed E-state index contributed by atoms with van der Waals surface area (Å²) in [6, 6.07) is 88.6. The molecule has 0 saturated heterocycles. The molecular weight excluding hydrogens is 889 g/mol. The van der Waals surface area contributed by atoms with Gasteiger partial charge in [-0.2, -0.15) is 0 Å². The van der Waals surface area contributed by atoms with E-state index in [1.54, 1.807) is 0 Å². The molecular formula is C62H42N4SSi2. The highest BCUT2D eigenvalue weighted by molar-refractivity contribution is 8.00. The Morgan fingerprint density at radius 3 is 1.74 bits per heavy atom. The zero-order valence-electron chi connectivity index (χ0n) is 37.4. The Morgan fingerprint density at radius 1 is 0.420 bits per heavy atom. The standard InChI is InChI=1S/C62H42N4SSi2/c1-5-21-44(22-6-1)68(45-23-7-2-8-24-45,49-36-37-50-51-30-13-15-32-54(51)65-39-38-63-61(65)53(50)41-49)48-29-19-20-43(40-48)66-55-33-16-14-31-52(55)59-60-57(42-64-62(59)66)67-56-34-17-18-35-58(56)69(60,46-25-9-3-10-26-46)47-27-11-4-12-28-47/h1-42H. The molecule has 0 fully saturated rings. The second-order valence-electron chi connectivity index (χ2n) is 18.1. The summed E-state index contributed by atoms with van der Waals surface area (Å²) in [4.78, 5) is 13.1. The van der Waals surface area contributed by atoms with Crippen molar-refractivity contribution in [1.29, 1.82) is 0 Å². The lowest BCUT2D eigenvalue weighted by Gasteiger charge is -2.40. The molecule has 13 aromatic rings. The lowest BCUT2D eigenvalue weighted by atomic mass is 10.1. The van der Waals surface area contributed by atoms with Gasteiger partial charge in [-0.05, 0) is 77.2 Å². The fourth-order valence-corrected chi connectivity index (χ4v) is 23.9. The van der Waals surface area contributed by atoms with Crippen LogP contribution >= 0.6 is 11.8 Å². The van der Waals surface area contributed by atoms with Gasteiger partial charge >= 0.3 is 0 Å². The summed E-state index contributed by atoms with van der Waals surface area (Å²) in [5, 5.41) is 16.8. The van der Waals surface area contributed by atoms with E-state index in [1.165, 1.54) is 72.8 Å². The zero-order chi connectivity index (χ0) is 45.5. The number of fused-ring (bicyclic) bond motifs is 12. The van der Waals surface area contributed by atoms with Crippen LogP contribution in [0.2, 0.25) is 0 Å². The average Bonchev–Trinajstić information content (AvgIpc) is 4.06. The topological polar surface area (TPSA) is 35.1 Å². The van der Waals surface area contributed by atoms with Crippen molar-refractivity contribution in [3.63, 3.8) is 0 Å². The third-order valence-corrected chi connectivity index (χ3v) is 25.8. The van der Waals surface area contributed by atoms with Crippen LogP contribution in [-0.2, 0) is 0 Å². The lowest BCUT2D eigenvalue weighted by molar-refractivity contribution is 1.13. The van der Waals surface area contributed by atoms with Crippen LogP contribution in [0.5, 0.6) is 0 Å². The smallest absolute Gasteiger partial charge is 0.182 e. The van der Waals surface area contributed by atoms with Gasteiger partial charge in [0.05, 0.1) is 11.0 Å². The van der Waals surface area contributed by atoms with Crippen molar-refractivity contribution in [3.8, 4) is 5.69 Å². The van der Waals surface area contributed by atoms with Gasteiger partial charge in [-0.25, -0.2) is 9.97 Å². The van der Waals surface area contributed by atoms with E-state index < -0.39 is 16.1 Å². The van der Waals surface area contributed by atoms with Crippen molar-refractivity contribution in [3.05, 3.63) is 255 Å². The van der Waals surface area contributed by atoms with Crippen molar-refractivity contribution >= 4 is 119 Å². The first-order valence-corrected chi connectivity index (χ1v) is 28.4. The number of hydrogen-bond acceptors (Lipinski definition) is 3. The number of rotatable bonds is 7. The van der Waals surface area contributed by atoms with Crippen LogP contribution in [0.15, 0.2) is 265 Å². The quantitative estimate of drug-likeness (QED) is 0.0909. The number of pyridine rings is 2. The zero-order valence-corrected chi connectivity index (χ0v) is 40.3.